The highest BCUT2D eigenvalue weighted by Gasteiger charge is 2.32. The van der Waals surface area contributed by atoms with Crippen LogP contribution in [0.15, 0.2) is 12.1 Å². The summed E-state index contributed by atoms with van der Waals surface area (Å²) in [6.45, 7) is 3.24. The summed E-state index contributed by atoms with van der Waals surface area (Å²) in [6, 6.07) is 3.26. The van der Waals surface area contributed by atoms with Crippen LogP contribution in [0.2, 0.25) is 4.34 Å². The number of aliphatic carboxylic acids is 1. The maximum absolute atomic E-state index is 11.9. The van der Waals surface area contributed by atoms with E-state index in [1.807, 2.05) is 0 Å². The third-order valence-corrected chi connectivity index (χ3v) is 3.23. The summed E-state index contributed by atoms with van der Waals surface area (Å²) in [5.74, 6) is -1.15. The van der Waals surface area contributed by atoms with Gasteiger partial charge in [-0.05, 0) is 12.1 Å². The van der Waals surface area contributed by atoms with E-state index in [2.05, 4.69) is 0 Å². The van der Waals surface area contributed by atoms with E-state index in [1.54, 1.807) is 26.0 Å². The van der Waals surface area contributed by atoms with Gasteiger partial charge in [0.15, 0.2) is 5.78 Å². The van der Waals surface area contributed by atoms with Crippen molar-refractivity contribution >= 4 is 34.7 Å². The largest absolute Gasteiger partial charge is 0.481 e. The SMILES string of the molecule is CC(C)(CC(=O)O)C(=O)c1ccc(Cl)s1. The minimum Gasteiger partial charge on any atom is -0.481 e. The van der Waals surface area contributed by atoms with Gasteiger partial charge >= 0.3 is 5.97 Å². The van der Waals surface area contributed by atoms with Gasteiger partial charge in [-0.2, -0.15) is 0 Å². The molecule has 1 N–H and O–H groups in total. The van der Waals surface area contributed by atoms with Crippen molar-refractivity contribution in [2.24, 2.45) is 5.41 Å². The van der Waals surface area contributed by atoms with Gasteiger partial charge in [0, 0.05) is 5.41 Å². The van der Waals surface area contributed by atoms with Gasteiger partial charge in [-0.1, -0.05) is 25.4 Å². The smallest absolute Gasteiger partial charge is 0.304 e. The Hall–Kier alpha value is -0.870. The Kier molecular flexibility index (Phi) is 3.52. The highest BCUT2D eigenvalue weighted by atomic mass is 35.5. The van der Waals surface area contributed by atoms with Gasteiger partial charge in [-0.25, -0.2) is 0 Å². The predicted octanol–water partition coefficient (Wildman–Crippen LogP) is 3.09. The van der Waals surface area contributed by atoms with E-state index in [0.717, 1.165) is 0 Å². The normalized spacial score (nSPS) is 11.4. The highest BCUT2D eigenvalue weighted by molar-refractivity contribution is 7.18. The van der Waals surface area contributed by atoms with Gasteiger partial charge < -0.3 is 5.11 Å². The summed E-state index contributed by atoms with van der Waals surface area (Å²) in [6.07, 6.45) is -0.179. The Bertz CT molecular complexity index is 395. The fourth-order valence-corrected chi connectivity index (χ4v) is 2.39. The number of carboxylic acid groups (broad SMARTS) is 1. The third-order valence-electron chi connectivity index (χ3n) is 2.00. The maximum atomic E-state index is 11.9. The van der Waals surface area contributed by atoms with Gasteiger partial charge in [0.05, 0.1) is 15.6 Å². The van der Waals surface area contributed by atoms with Crippen molar-refractivity contribution in [3.63, 3.8) is 0 Å². The number of halogens is 1. The first-order valence-corrected chi connectivity index (χ1v) is 5.54. The van der Waals surface area contributed by atoms with Gasteiger partial charge in [-0.3, -0.25) is 9.59 Å². The zero-order chi connectivity index (χ0) is 11.6. The molecular weight excluding hydrogens is 236 g/mol. The lowest BCUT2D eigenvalue weighted by atomic mass is 9.84. The van der Waals surface area contributed by atoms with Crippen molar-refractivity contribution in [2.75, 3.05) is 0 Å². The number of Topliss-reactive ketones (excluding diaryl/α,β-unsaturated/α-hetero) is 1. The number of hydrogen-bond donors (Lipinski definition) is 1. The quantitative estimate of drug-likeness (QED) is 0.831. The molecule has 1 rings (SSSR count). The summed E-state index contributed by atoms with van der Waals surface area (Å²) in [4.78, 5) is 23.0. The Morgan fingerprint density at radius 1 is 1.47 bits per heavy atom. The van der Waals surface area contributed by atoms with Crippen LogP contribution in [-0.4, -0.2) is 16.9 Å². The fourth-order valence-electron chi connectivity index (χ4n) is 1.23. The summed E-state index contributed by atoms with van der Waals surface area (Å²) < 4.78 is 0.532. The Labute approximate surface area is 96.7 Å². The van der Waals surface area contributed by atoms with E-state index in [-0.39, 0.29) is 12.2 Å². The lowest BCUT2D eigenvalue weighted by molar-refractivity contribution is -0.138. The summed E-state index contributed by atoms with van der Waals surface area (Å²) in [7, 11) is 0. The molecule has 82 valence electrons. The van der Waals surface area contributed by atoms with Crippen LogP contribution in [0.3, 0.4) is 0 Å². The molecule has 5 heteroatoms. The van der Waals surface area contributed by atoms with Crippen molar-refractivity contribution in [1.82, 2.24) is 0 Å². The van der Waals surface area contributed by atoms with Crippen LogP contribution < -0.4 is 0 Å². The molecule has 0 fully saturated rings. The predicted molar refractivity (Wildman–Crippen MR) is 59.7 cm³/mol. The monoisotopic (exact) mass is 246 g/mol. The standard InChI is InChI=1S/C10H11ClO3S/c1-10(2,5-8(12)13)9(14)6-3-4-7(11)15-6/h3-4H,5H2,1-2H3,(H,12,13). The summed E-state index contributed by atoms with van der Waals surface area (Å²) in [5.41, 5.74) is -0.889. The number of ketones is 1. The van der Waals surface area contributed by atoms with Gasteiger partial charge in [0.2, 0.25) is 0 Å². The summed E-state index contributed by atoms with van der Waals surface area (Å²) >= 11 is 6.88. The highest BCUT2D eigenvalue weighted by Crippen LogP contribution is 2.31. The van der Waals surface area contributed by atoms with Gasteiger partial charge in [0.25, 0.3) is 0 Å². The molecule has 0 unspecified atom stereocenters. The van der Waals surface area contributed by atoms with Crippen LogP contribution in [0.5, 0.6) is 0 Å². The molecule has 0 radical (unpaired) electrons. The van der Waals surface area contributed by atoms with Crippen LogP contribution in [0.1, 0.15) is 29.9 Å². The second-order valence-corrected chi connectivity index (χ2v) is 5.60. The number of carbonyl (C=O) groups is 2. The lowest BCUT2D eigenvalue weighted by Crippen LogP contribution is -2.26. The molecule has 15 heavy (non-hydrogen) atoms. The molecule has 1 aromatic heterocycles. The second-order valence-electron chi connectivity index (χ2n) is 3.89. The average Bonchev–Trinajstić information content (AvgIpc) is 2.48. The topological polar surface area (TPSA) is 54.4 Å². The van der Waals surface area contributed by atoms with Crippen molar-refractivity contribution in [1.29, 1.82) is 0 Å². The van der Waals surface area contributed by atoms with Gasteiger partial charge in [-0.15, -0.1) is 11.3 Å². The molecule has 0 amide bonds. The number of carboxylic acids is 1. The molecule has 0 spiro atoms. The molecular formula is C10H11ClO3S. The Morgan fingerprint density at radius 2 is 2.07 bits per heavy atom. The summed E-state index contributed by atoms with van der Waals surface area (Å²) in [5, 5.41) is 8.68. The minimum absolute atomic E-state index is 0.179. The van der Waals surface area contributed by atoms with E-state index in [1.165, 1.54) is 11.3 Å². The molecule has 1 heterocycles. The third kappa shape index (κ3) is 3.04. The van der Waals surface area contributed by atoms with Crippen LogP contribution in [0, 0.1) is 5.41 Å². The number of thiophene rings is 1. The zero-order valence-corrected chi connectivity index (χ0v) is 9.98. The van der Waals surface area contributed by atoms with Crippen LogP contribution in [0.25, 0.3) is 0 Å². The maximum Gasteiger partial charge on any atom is 0.304 e. The zero-order valence-electron chi connectivity index (χ0n) is 8.41. The first-order chi connectivity index (χ1) is 6.83. The molecule has 0 aromatic carbocycles. The second kappa shape index (κ2) is 4.33. The molecule has 0 atom stereocenters. The Morgan fingerprint density at radius 3 is 2.47 bits per heavy atom. The molecule has 0 aliphatic rings. The first kappa shape index (κ1) is 12.2. The molecule has 0 bridgehead atoms. The molecule has 0 saturated heterocycles. The van der Waals surface area contributed by atoms with E-state index in [4.69, 9.17) is 16.7 Å². The Balaban J connectivity index is 2.88. The van der Waals surface area contributed by atoms with Crippen molar-refractivity contribution < 1.29 is 14.7 Å². The minimum atomic E-state index is -0.976. The van der Waals surface area contributed by atoms with Crippen LogP contribution in [0.4, 0.5) is 0 Å². The lowest BCUT2D eigenvalue weighted by Gasteiger charge is -2.19. The number of rotatable bonds is 4. The fraction of sp³-hybridized carbons (Fsp3) is 0.400. The molecule has 1 aromatic rings. The number of hydrogen-bond acceptors (Lipinski definition) is 3. The molecule has 3 nitrogen and oxygen atoms in total. The van der Waals surface area contributed by atoms with Crippen molar-refractivity contribution in [3.8, 4) is 0 Å². The van der Waals surface area contributed by atoms with E-state index in [9.17, 15) is 9.59 Å². The first-order valence-electron chi connectivity index (χ1n) is 4.35. The van der Waals surface area contributed by atoms with E-state index < -0.39 is 11.4 Å². The van der Waals surface area contributed by atoms with Crippen molar-refractivity contribution in [3.05, 3.63) is 21.3 Å². The average molecular weight is 247 g/mol. The van der Waals surface area contributed by atoms with Crippen molar-refractivity contribution in [2.45, 2.75) is 20.3 Å². The molecule has 0 aliphatic carbocycles. The molecule has 0 aliphatic heterocycles. The van der Waals surface area contributed by atoms with E-state index in [0.29, 0.717) is 9.21 Å². The molecule has 0 saturated carbocycles. The van der Waals surface area contributed by atoms with Crippen LogP contribution >= 0.6 is 22.9 Å². The van der Waals surface area contributed by atoms with E-state index >= 15 is 0 Å². The van der Waals surface area contributed by atoms with Gasteiger partial charge in [0.1, 0.15) is 0 Å². The van der Waals surface area contributed by atoms with Crippen LogP contribution in [-0.2, 0) is 4.79 Å². The number of carbonyl (C=O) groups excluding carboxylic acids is 1.